The third-order valence-electron chi connectivity index (χ3n) is 5.51. The minimum absolute atomic E-state index is 0.0730. The van der Waals surface area contributed by atoms with E-state index in [-0.39, 0.29) is 12.5 Å². The predicted octanol–water partition coefficient (Wildman–Crippen LogP) is 4.38. The van der Waals surface area contributed by atoms with Gasteiger partial charge >= 0.3 is 12.2 Å². The van der Waals surface area contributed by atoms with E-state index < -0.39 is 23.3 Å². The number of nitrogens with zero attached hydrogens (tertiary/aromatic N) is 1. The summed E-state index contributed by atoms with van der Waals surface area (Å²) in [7, 11) is 0. The largest absolute Gasteiger partial charge is 0.445 e. The normalized spacial score (nSPS) is 18.5. The van der Waals surface area contributed by atoms with Gasteiger partial charge in [0, 0.05) is 19.6 Å². The molecule has 1 unspecified atom stereocenters. The lowest BCUT2D eigenvalue weighted by atomic mass is 9.83. The van der Waals surface area contributed by atoms with Gasteiger partial charge in [0.15, 0.2) is 0 Å². The molecule has 0 spiro atoms. The van der Waals surface area contributed by atoms with Crippen LogP contribution in [0.5, 0.6) is 0 Å². The van der Waals surface area contributed by atoms with Gasteiger partial charge in [-0.2, -0.15) is 0 Å². The highest BCUT2D eigenvalue weighted by molar-refractivity contribution is 5.90. The summed E-state index contributed by atoms with van der Waals surface area (Å²) >= 11 is 0. The maximum Gasteiger partial charge on any atom is 0.408 e. The Morgan fingerprint density at radius 1 is 1.12 bits per heavy atom. The first-order valence-electron chi connectivity index (χ1n) is 11.9. The maximum absolute atomic E-state index is 13.4. The molecule has 0 radical (unpaired) electrons. The highest BCUT2D eigenvalue weighted by atomic mass is 16.6. The smallest absolute Gasteiger partial charge is 0.408 e. The maximum atomic E-state index is 13.4. The molecule has 1 aromatic carbocycles. The molecule has 2 N–H and O–H groups in total. The van der Waals surface area contributed by atoms with E-state index in [1.54, 1.807) is 20.8 Å². The number of benzene rings is 1. The second-order valence-corrected chi connectivity index (χ2v) is 9.55. The summed E-state index contributed by atoms with van der Waals surface area (Å²) in [5.41, 5.74) is -0.730. The Morgan fingerprint density at radius 2 is 1.85 bits per heavy atom. The fourth-order valence-corrected chi connectivity index (χ4v) is 3.90. The van der Waals surface area contributed by atoms with E-state index in [1.807, 2.05) is 35.2 Å². The number of piperidine rings is 1. The van der Waals surface area contributed by atoms with Gasteiger partial charge in [-0.15, -0.1) is 0 Å². The Hall–Kier alpha value is -2.77. The summed E-state index contributed by atoms with van der Waals surface area (Å²) in [4.78, 5) is 39.8. The van der Waals surface area contributed by atoms with Crippen LogP contribution in [0.4, 0.5) is 9.59 Å². The highest BCUT2D eigenvalue weighted by Crippen LogP contribution is 2.28. The van der Waals surface area contributed by atoms with Crippen LogP contribution in [0.2, 0.25) is 0 Å². The SMILES string of the molecule is CCCCN1CCCC(CCCNC(=O)OC(C)(C)C)(NC(=O)OCc2ccccc2)C1=O. The minimum atomic E-state index is -1.03. The van der Waals surface area contributed by atoms with Crippen molar-refractivity contribution in [1.82, 2.24) is 15.5 Å². The second kappa shape index (κ2) is 12.5. The first-order chi connectivity index (χ1) is 15.6. The van der Waals surface area contributed by atoms with Crippen molar-refractivity contribution < 1.29 is 23.9 Å². The monoisotopic (exact) mass is 461 g/mol. The topological polar surface area (TPSA) is 97.0 Å². The van der Waals surface area contributed by atoms with Gasteiger partial charge in [-0.05, 0) is 58.4 Å². The molecule has 184 valence electrons. The first kappa shape index (κ1) is 26.5. The number of carbonyl (C=O) groups excluding carboxylic acids is 3. The van der Waals surface area contributed by atoms with E-state index in [4.69, 9.17) is 9.47 Å². The van der Waals surface area contributed by atoms with E-state index in [0.29, 0.717) is 38.9 Å². The molecular formula is C25H39N3O5. The van der Waals surface area contributed by atoms with E-state index in [9.17, 15) is 14.4 Å². The van der Waals surface area contributed by atoms with Gasteiger partial charge in [-0.1, -0.05) is 43.7 Å². The van der Waals surface area contributed by atoms with Crippen LogP contribution in [-0.2, 0) is 20.9 Å². The third-order valence-corrected chi connectivity index (χ3v) is 5.51. The van der Waals surface area contributed by atoms with Gasteiger partial charge in [0.2, 0.25) is 5.91 Å². The lowest BCUT2D eigenvalue weighted by molar-refractivity contribution is -0.142. The fraction of sp³-hybridized carbons (Fsp3) is 0.640. The summed E-state index contributed by atoms with van der Waals surface area (Å²) in [5.74, 6) is -0.0730. The van der Waals surface area contributed by atoms with Crippen molar-refractivity contribution in [2.24, 2.45) is 0 Å². The predicted molar refractivity (Wildman–Crippen MR) is 127 cm³/mol. The van der Waals surface area contributed by atoms with Crippen molar-refractivity contribution in [3.63, 3.8) is 0 Å². The molecule has 33 heavy (non-hydrogen) atoms. The second-order valence-electron chi connectivity index (χ2n) is 9.55. The number of nitrogens with one attached hydrogen (secondary N) is 2. The van der Waals surface area contributed by atoms with Crippen molar-refractivity contribution in [1.29, 1.82) is 0 Å². The van der Waals surface area contributed by atoms with Crippen molar-refractivity contribution >= 4 is 18.1 Å². The van der Waals surface area contributed by atoms with Crippen LogP contribution in [0.25, 0.3) is 0 Å². The van der Waals surface area contributed by atoms with Crippen LogP contribution in [0.3, 0.4) is 0 Å². The molecule has 8 nitrogen and oxygen atoms in total. The molecule has 1 saturated heterocycles. The van der Waals surface area contributed by atoms with Gasteiger partial charge in [-0.3, -0.25) is 4.79 Å². The summed E-state index contributed by atoms with van der Waals surface area (Å²) in [6.45, 7) is 9.35. The minimum Gasteiger partial charge on any atom is -0.445 e. The van der Waals surface area contributed by atoms with Crippen LogP contribution < -0.4 is 10.6 Å². The van der Waals surface area contributed by atoms with E-state index in [1.165, 1.54) is 0 Å². The summed E-state index contributed by atoms with van der Waals surface area (Å²) in [6, 6.07) is 9.42. The zero-order chi connectivity index (χ0) is 24.3. The average molecular weight is 462 g/mol. The Labute approximate surface area is 197 Å². The number of carbonyl (C=O) groups is 3. The quantitative estimate of drug-likeness (QED) is 0.504. The highest BCUT2D eigenvalue weighted by Gasteiger charge is 2.44. The number of hydrogen-bond acceptors (Lipinski definition) is 5. The van der Waals surface area contributed by atoms with Crippen LogP contribution in [0.1, 0.15) is 71.8 Å². The van der Waals surface area contributed by atoms with Crippen molar-refractivity contribution in [2.45, 2.75) is 84.0 Å². The zero-order valence-electron chi connectivity index (χ0n) is 20.4. The molecule has 1 atom stereocenters. The molecule has 0 saturated carbocycles. The third kappa shape index (κ3) is 8.94. The van der Waals surface area contributed by atoms with Gasteiger partial charge < -0.3 is 25.0 Å². The molecule has 1 aliphatic rings. The Kier molecular flexibility index (Phi) is 10.0. The average Bonchev–Trinajstić information content (AvgIpc) is 2.76. The van der Waals surface area contributed by atoms with E-state index in [2.05, 4.69) is 17.6 Å². The Morgan fingerprint density at radius 3 is 2.52 bits per heavy atom. The molecule has 0 aromatic heterocycles. The van der Waals surface area contributed by atoms with Crippen LogP contribution in [-0.4, -0.2) is 53.8 Å². The van der Waals surface area contributed by atoms with E-state index >= 15 is 0 Å². The lowest BCUT2D eigenvalue weighted by Crippen LogP contribution is -2.63. The number of unbranched alkanes of at least 4 members (excludes halogenated alkanes) is 1. The Bertz CT molecular complexity index is 778. The van der Waals surface area contributed by atoms with Crippen molar-refractivity contribution in [2.75, 3.05) is 19.6 Å². The molecule has 3 amide bonds. The zero-order valence-corrected chi connectivity index (χ0v) is 20.4. The number of hydrogen-bond donors (Lipinski definition) is 2. The standard InChI is InChI=1S/C25H39N3O5/c1-5-6-17-28-18-11-15-25(21(28)29,14-10-16-26-22(30)33-24(2,3)4)27-23(31)32-19-20-12-8-7-9-13-20/h7-9,12-13H,5-6,10-11,14-19H2,1-4H3,(H,26,30)(H,27,31). The molecular weight excluding hydrogens is 422 g/mol. The van der Waals surface area contributed by atoms with Crippen molar-refractivity contribution in [3.8, 4) is 0 Å². The van der Waals surface area contributed by atoms with Gasteiger partial charge in [0.25, 0.3) is 0 Å². The van der Waals surface area contributed by atoms with Crippen LogP contribution in [0, 0.1) is 0 Å². The summed E-state index contributed by atoms with van der Waals surface area (Å²) in [5, 5.41) is 5.62. The lowest BCUT2D eigenvalue weighted by Gasteiger charge is -2.42. The Balaban J connectivity index is 2.00. The van der Waals surface area contributed by atoms with Gasteiger partial charge in [0.1, 0.15) is 17.7 Å². The molecule has 1 fully saturated rings. The van der Waals surface area contributed by atoms with Crippen LogP contribution >= 0.6 is 0 Å². The van der Waals surface area contributed by atoms with Crippen LogP contribution in [0.15, 0.2) is 30.3 Å². The summed E-state index contributed by atoms with van der Waals surface area (Å²) < 4.78 is 10.7. The number of likely N-dealkylation sites (tertiary alicyclic amines) is 1. The fourth-order valence-electron chi connectivity index (χ4n) is 3.90. The first-order valence-corrected chi connectivity index (χ1v) is 11.9. The number of rotatable bonds is 10. The molecule has 1 aromatic rings. The molecule has 2 rings (SSSR count). The van der Waals surface area contributed by atoms with Crippen molar-refractivity contribution in [3.05, 3.63) is 35.9 Å². The van der Waals surface area contributed by atoms with Gasteiger partial charge in [-0.25, -0.2) is 9.59 Å². The van der Waals surface area contributed by atoms with Gasteiger partial charge in [0.05, 0.1) is 0 Å². The molecule has 1 heterocycles. The number of alkyl carbamates (subject to hydrolysis) is 2. The number of ether oxygens (including phenoxy) is 2. The molecule has 1 aliphatic heterocycles. The number of amides is 3. The molecule has 0 bridgehead atoms. The van der Waals surface area contributed by atoms with E-state index in [0.717, 1.165) is 24.8 Å². The summed E-state index contributed by atoms with van der Waals surface area (Å²) in [6.07, 6.45) is 3.07. The molecule has 8 heteroatoms. The molecule has 0 aliphatic carbocycles.